The Morgan fingerprint density at radius 1 is 0.837 bits per heavy atom. The average molecular weight is 588 g/mol. The van der Waals surface area contributed by atoms with Crippen LogP contribution in [0.15, 0.2) is 60.8 Å². The monoisotopic (exact) mass is 587 g/mol. The molecule has 0 fully saturated rings. The molecule has 10 heteroatoms. The summed E-state index contributed by atoms with van der Waals surface area (Å²) in [6.45, 7) is 11.5. The van der Waals surface area contributed by atoms with Crippen LogP contribution in [0.4, 0.5) is 10.3 Å². The molecule has 0 amide bonds. The molecule has 0 saturated heterocycles. The first-order chi connectivity index (χ1) is 20.3. The quantitative estimate of drug-likeness (QED) is 0.158. The minimum atomic E-state index is -1.09. The van der Waals surface area contributed by atoms with Gasteiger partial charge in [-0.05, 0) is 88.6 Å². The first kappa shape index (κ1) is 31.3. The number of hydrogen-bond acceptors (Lipinski definition) is 9. The summed E-state index contributed by atoms with van der Waals surface area (Å²) >= 11 is 0. The maximum Gasteiger partial charge on any atom is 0.316 e. The number of halogens is 1. The average Bonchev–Trinajstić information content (AvgIpc) is 2.96. The van der Waals surface area contributed by atoms with Crippen LogP contribution in [-0.4, -0.2) is 45.7 Å². The molecule has 2 aromatic carbocycles. The third kappa shape index (κ3) is 7.82. The Hall–Kier alpha value is -4.60. The summed E-state index contributed by atoms with van der Waals surface area (Å²) in [7, 11) is 3.25. The zero-order valence-corrected chi connectivity index (χ0v) is 25.9. The molecule has 0 aliphatic heterocycles. The van der Waals surface area contributed by atoms with E-state index in [0.29, 0.717) is 30.4 Å². The third-order valence-corrected chi connectivity index (χ3v) is 6.79. The van der Waals surface area contributed by atoms with Crippen molar-refractivity contribution in [1.82, 2.24) is 19.9 Å². The molecule has 0 aliphatic rings. The van der Waals surface area contributed by atoms with E-state index < -0.39 is 22.9 Å². The number of anilines is 1. The van der Waals surface area contributed by atoms with Gasteiger partial charge in [0, 0.05) is 19.3 Å². The van der Waals surface area contributed by atoms with E-state index in [0.717, 1.165) is 22.6 Å². The van der Waals surface area contributed by atoms with Gasteiger partial charge in [0.1, 0.15) is 22.9 Å². The molecule has 0 aliphatic carbocycles. The van der Waals surface area contributed by atoms with Crippen molar-refractivity contribution < 1.29 is 23.4 Å². The second-order valence-corrected chi connectivity index (χ2v) is 11.7. The number of rotatable bonds is 10. The molecule has 0 unspecified atom stereocenters. The van der Waals surface area contributed by atoms with Crippen molar-refractivity contribution in [3.05, 3.63) is 89.3 Å². The van der Waals surface area contributed by atoms with E-state index in [-0.39, 0.29) is 11.4 Å². The van der Waals surface area contributed by atoms with E-state index in [2.05, 4.69) is 15.0 Å². The number of pyridine rings is 1. The van der Waals surface area contributed by atoms with Gasteiger partial charge in [-0.3, -0.25) is 4.79 Å². The topological polar surface area (TPSA) is 99.6 Å². The summed E-state index contributed by atoms with van der Waals surface area (Å²) in [4.78, 5) is 32.8. The van der Waals surface area contributed by atoms with E-state index in [1.54, 1.807) is 61.8 Å². The number of aryl methyl sites for hydroxylation is 1. The van der Waals surface area contributed by atoms with Gasteiger partial charge < -0.3 is 19.1 Å². The van der Waals surface area contributed by atoms with Crippen molar-refractivity contribution in [3.8, 4) is 22.9 Å². The highest BCUT2D eigenvalue weighted by Crippen LogP contribution is 2.31. The molecule has 0 spiro atoms. The number of hydrogen-bond donors (Lipinski definition) is 0. The van der Waals surface area contributed by atoms with Crippen LogP contribution in [0.3, 0.4) is 0 Å². The highest BCUT2D eigenvalue weighted by molar-refractivity contribution is 5.83. The first-order valence-electron chi connectivity index (χ1n) is 13.9. The maximum absolute atomic E-state index is 15.3. The normalized spacial score (nSPS) is 11.7. The van der Waals surface area contributed by atoms with E-state index in [1.165, 1.54) is 6.20 Å². The molecule has 0 saturated carbocycles. The molecule has 4 rings (SSSR count). The smallest absolute Gasteiger partial charge is 0.316 e. The predicted octanol–water partition coefficient (Wildman–Crippen LogP) is 6.22. The lowest BCUT2D eigenvalue weighted by Gasteiger charge is -2.28. The number of nitrogens with zero attached hydrogens (tertiary/aromatic N) is 5. The van der Waals surface area contributed by atoms with Gasteiger partial charge >= 0.3 is 5.97 Å². The van der Waals surface area contributed by atoms with E-state index >= 15 is 4.39 Å². The molecule has 43 heavy (non-hydrogen) atoms. The zero-order chi connectivity index (χ0) is 31.4. The van der Waals surface area contributed by atoms with E-state index in [9.17, 15) is 4.79 Å². The summed E-state index contributed by atoms with van der Waals surface area (Å²) in [5, 5.41) is 0. The largest absolute Gasteiger partial charge is 0.497 e. The fraction of sp³-hybridized carbons (Fsp3) is 0.364. The molecular weight excluding hydrogens is 549 g/mol. The van der Waals surface area contributed by atoms with Gasteiger partial charge in [-0.25, -0.2) is 9.97 Å². The van der Waals surface area contributed by atoms with Crippen LogP contribution in [-0.2, 0) is 28.0 Å². The fourth-order valence-electron chi connectivity index (χ4n) is 4.30. The molecule has 0 radical (unpaired) electrons. The second kappa shape index (κ2) is 12.7. The number of carbonyl (C=O) groups excluding carboxylic acids is 1. The summed E-state index contributed by atoms with van der Waals surface area (Å²) < 4.78 is 31.5. The van der Waals surface area contributed by atoms with Gasteiger partial charge in [0.05, 0.1) is 25.2 Å². The van der Waals surface area contributed by atoms with Gasteiger partial charge in [-0.15, -0.1) is 0 Å². The first-order valence-corrected chi connectivity index (χ1v) is 13.9. The minimum Gasteiger partial charge on any atom is -0.497 e. The zero-order valence-electron chi connectivity index (χ0n) is 25.9. The molecule has 4 aromatic rings. The van der Waals surface area contributed by atoms with Crippen molar-refractivity contribution in [2.45, 2.75) is 65.6 Å². The molecular formula is C33H38FN5O4. The van der Waals surface area contributed by atoms with Crippen LogP contribution in [0.2, 0.25) is 0 Å². The molecule has 0 atom stereocenters. The lowest BCUT2D eigenvalue weighted by Crippen LogP contribution is -2.37. The molecule has 0 bridgehead atoms. The molecule has 226 valence electrons. The number of carbonyl (C=O) groups is 1. The number of esters is 1. The summed E-state index contributed by atoms with van der Waals surface area (Å²) in [6.07, 6.45) is 1.34. The Morgan fingerprint density at radius 2 is 1.37 bits per heavy atom. The Labute approximate surface area is 252 Å². The standard InChI is InChI=1S/C33H38FN5O4/c1-21-36-29(27-17-24(18-35-28(27)34)33(5,6)30(40)43-32(2,3)4)38-31(37-21)39(19-22-9-13-25(41-7)14-10-22)20-23-11-15-26(42-8)16-12-23/h9-18H,19-20H2,1-8H3. The Morgan fingerprint density at radius 3 is 1.86 bits per heavy atom. The van der Waals surface area contributed by atoms with Gasteiger partial charge in [-0.1, -0.05) is 24.3 Å². The summed E-state index contributed by atoms with van der Waals surface area (Å²) in [5.41, 5.74) is 0.774. The lowest BCUT2D eigenvalue weighted by atomic mass is 9.85. The van der Waals surface area contributed by atoms with Crippen molar-refractivity contribution in [2.75, 3.05) is 19.1 Å². The third-order valence-electron chi connectivity index (χ3n) is 6.79. The summed E-state index contributed by atoms with van der Waals surface area (Å²) in [5.74, 6) is 1.19. The number of aromatic nitrogens is 4. The number of ether oxygens (including phenoxy) is 3. The summed E-state index contributed by atoms with van der Waals surface area (Å²) in [6, 6.07) is 17.0. The highest BCUT2D eigenvalue weighted by atomic mass is 19.1. The van der Waals surface area contributed by atoms with Crippen LogP contribution >= 0.6 is 0 Å². The van der Waals surface area contributed by atoms with Crippen LogP contribution in [0, 0.1) is 12.9 Å². The Kier molecular flexibility index (Phi) is 9.27. The van der Waals surface area contributed by atoms with E-state index in [4.69, 9.17) is 19.2 Å². The van der Waals surface area contributed by atoms with Crippen LogP contribution in [0.5, 0.6) is 11.5 Å². The van der Waals surface area contributed by atoms with Crippen LogP contribution < -0.4 is 14.4 Å². The lowest BCUT2D eigenvalue weighted by molar-refractivity contribution is -0.160. The molecule has 0 N–H and O–H groups in total. The Bertz CT molecular complexity index is 1520. The van der Waals surface area contributed by atoms with Crippen molar-refractivity contribution in [3.63, 3.8) is 0 Å². The fourth-order valence-corrected chi connectivity index (χ4v) is 4.30. The molecule has 2 heterocycles. The Balaban J connectivity index is 1.75. The maximum atomic E-state index is 15.3. The van der Waals surface area contributed by atoms with Crippen molar-refractivity contribution in [2.24, 2.45) is 0 Å². The minimum absolute atomic E-state index is 0.0646. The van der Waals surface area contributed by atoms with Gasteiger partial charge in [0.2, 0.25) is 11.9 Å². The van der Waals surface area contributed by atoms with Crippen LogP contribution in [0.1, 0.15) is 57.1 Å². The molecule has 2 aromatic heterocycles. The molecule has 9 nitrogen and oxygen atoms in total. The SMILES string of the molecule is COc1ccc(CN(Cc2ccc(OC)cc2)c2nc(C)nc(-c3cc(C(C)(C)C(=O)OC(C)(C)C)cnc3F)n2)cc1. The highest BCUT2D eigenvalue weighted by Gasteiger charge is 2.35. The van der Waals surface area contributed by atoms with Gasteiger partial charge in [0.25, 0.3) is 0 Å². The second-order valence-electron chi connectivity index (χ2n) is 11.7. The van der Waals surface area contributed by atoms with Crippen molar-refractivity contribution in [1.29, 1.82) is 0 Å². The van der Waals surface area contributed by atoms with Gasteiger partial charge in [0.15, 0.2) is 5.82 Å². The van der Waals surface area contributed by atoms with E-state index in [1.807, 2.05) is 53.4 Å². The van der Waals surface area contributed by atoms with Gasteiger partial charge in [-0.2, -0.15) is 14.4 Å². The number of benzene rings is 2. The van der Waals surface area contributed by atoms with Crippen molar-refractivity contribution >= 4 is 11.9 Å². The predicted molar refractivity (Wildman–Crippen MR) is 162 cm³/mol. The van der Waals surface area contributed by atoms with Crippen LogP contribution in [0.25, 0.3) is 11.4 Å². The number of methoxy groups -OCH3 is 2.